The van der Waals surface area contributed by atoms with Gasteiger partial charge in [0.1, 0.15) is 5.82 Å². The van der Waals surface area contributed by atoms with Crippen LogP contribution in [0.3, 0.4) is 0 Å². The molecule has 0 saturated heterocycles. The fourth-order valence-electron chi connectivity index (χ4n) is 2.78. The zero-order valence-corrected chi connectivity index (χ0v) is 12.2. The van der Waals surface area contributed by atoms with Crippen molar-refractivity contribution >= 4 is 11.9 Å². The van der Waals surface area contributed by atoms with Gasteiger partial charge in [-0.1, -0.05) is 18.6 Å². The molecule has 1 aliphatic rings. The largest absolute Gasteiger partial charge is 0.309 e. The normalized spacial score (nSPS) is 22.3. The first kappa shape index (κ1) is 14.9. The second-order valence-electron chi connectivity index (χ2n) is 5.79. The Morgan fingerprint density at radius 3 is 2.85 bits per heavy atom. The SMILES string of the molecule is CN(C)CC1CCCCC(=Cc2cccc(F)c2)C1=O. The van der Waals surface area contributed by atoms with Crippen LogP contribution in [0.15, 0.2) is 29.8 Å². The van der Waals surface area contributed by atoms with Crippen molar-refractivity contribution in [2.24, 2.45) is 5.92 Å². The Morgan fingerprint density at radius 1 is 1.35 bits per heavy atom. The maximum absolute atomic E-state index is 13.2. The molecular formula is C17H22FNO. The third-order valence-corrected chi connectivity index (χ3v) is 3.71. The monoisotopic (exact) mass is 275 g/mol. The summed E-state index contributed by atoms with van der Waals surface area (Å²) in [6.45, 7) is 0.791. The molecule has 20 heavy (non-hydrogen) atoms. The van der Waals surface area contributed by atoms with Crippen molar-refractivity contribution in [3.8, 4) is 0 Å². The van der Waals surface area contributed by atoms with E-state index in [0.717, 1.165) is 43.4 Å². The van der Waals surface area contributed by atoms with E-state index in [1.165, 1.54) is 12.1 Å². The quantitative estimate of drug-likeness (QED) is 0.621. The Bertz CT molecular complexity index is 507. The molecule has 3 heteroatoms. The summed E-state index contributed by atoms with van der Waals surface area (Å²) >= 11 is 0. The zero-order valence-electron chi connectivity index (χ0n) is 12.2. The molecule has 0 radical (unpaired) electrons. The Hall–Kier alpha value is -1.48. The number of carbonyl (C=O) groups is 1. The van der Waals surface area contributed by atoms with Crippen molar-refractivity contribution in [1.29, 1.82) is 0 Å². The summed E-state index contributed by atoms with van der Waals surface area (Å²) in [5.74, 6) is 0.0537. The van der Waals surface area contributed by atoms with Gasteiger partial charge in [0.25, 0.3) is 0 Å². The summed E-state index contributed by atoms with van der Waals surface area (Å²) in [7, 11) is 3.99. The third-order valence-electron chi connectivity index (χ3n) is 3.71. The van der Waals surface area contributed by atoms with Crippen LogP contribution in [0.25, 0.3) is 6.08 Å². The van der Waals surface area contributed by atoms with E-state index in [1.807, 2.05) is 26.2 Å². The number of benzene rings is 1. The predicted octanol–water partition coefficient (Wildman–Crippen LogP) is 3.53. The Labute approximate surface area is 120 Å². The fourth-order valence-corrected chi connectivity index (χ4v) is 2.78. The van der Waals surface area contributed by atoms with Crippen LogP contribution in [0.1, 0.15) is 31.2 Å². The van der Waals surface area contributed by atoms with Crippen molar-refractivity contribution in [3.63, 3.8) is 0 Å². The number of allylic oxidation sites excluding steroid dienone is 1. The van der Waals surface area contributed by atoms with Crippen LogP contribution in [0.4, 0.5) is 4.39 Å². The summed E-state index contributed by atoms with van der Waals surface area (Å²) < 4.78 is 13.2. The van der Waals surface area contributed by atoms with Crippen molar-refractivity contribution in [2.75, 3.05) is 20.6 Å². The third kappa shape index (κ3) is 4.01. The standard InChI is InChI=1S/C17H22FNO/c1-19(2)12-15-8-4-3-7-14(17(15)20)10-13-6-5-9-16(18)11-13/h5-6,9-11,15H,3-4,7-8,12H2,1-2H3. The number of Topliss-reactive ketones (excluding diaryl/α,β-unsaturated/α-hetero) is 1. The maximum Gasteiger partial charge on any atom is 0.163 e. The number of nitrogens with zero attached hydrogens (tertiary/aromatic N) is 1. The smallest absolute Gasteiger partial charge is 0.163 e. The highest BCUT2D eigenvalue weighted by Gasteiger charge is 2.25. The molecular weight excluding hydrogens is 253 g/mol. The molecule has 1 saturated carbocycles. The number of hydrogen-bond donors (Lipinski definition) is 0. The lowest BCUT2D eigenvalue weighted by molar-refractivity contribution is -0.119. The molecule has 0 N–H and O–H groups in total. The summed E-state index contributed by atoms with van der Waals surface area (Å²) in [6.07, 6.45) is 5.75. The lowest BCUT2D eigenvalue weighted by Gasteiger charge is -2.18. The highest BCUT2D eigenvalue weighted by Crippen LogP contribution is 2.26. The minimum Gasteiger partial charge on any atom is -0.309 e. The minimum atomic E-state index is -0.259. The lowest BCUT2D eigenvalue weighted by Crippen LogP contribution is -2.27. The molecule has 2 rings (SSSR count). The van der Waals surface area contributed by atoms with E-state index in [2.05, 4.69) is 4.90 Å². The van der Waals surface area contributed by atoms with Crippen LogP contribution < -0.4 is 0 Å². The van der Waals surface area contributed by atoms with Gasteiger partial charge in [0.2, 0.25) is 0 Å². The fraction of sp³-hybridized carbons (Fsp3) is 0.471. The van der Waals surface area contributed by atoms with E-state index in [9.17, 15) is 9.18 Å². The van der Waals surface area contributed by atoms with Crippen molar-refractivity contribution < 1.29 is 9.18 Å². The van der Waals surface area contributed by atoms with Gasteiger partial charge in [0, 0.05) is 12.5 Å². The Kier molecular flexibility index (Phi) is 5.07. The number of halogens is 1. The molecule has 1 atom stereocenters. The van der Waals surface area contributed by atoms with E-state index in [0.29, 0.717) is 0 Å². The molecule has 0 bridgehead atoms. The molecule has 108 valence electrons. The van der Waals surface area contributed by atoms with Gasteiger partial charge in [-0.25, -0.2) is 4.39 Å². The minimum absolute atomic E-state index is 0.0762. The molecule has 2 nitrogen and oxygen atoms in total. The van der Waals surface area contributed by atoms with Crippen LogP contribution in [0.5, 0.6) is 0 Å². The van der Waals surface area contributed by atoms with Crippen molar-refractivity contribution in [2.45, 2.75) is 25.7 Å². The van der Waals surface area contributed by atoms with Gasteiger partial charge in [-0.15, -0.1) is 0 Å². The maximum atomic E-state index is 13.2. The summed E-state index contributed by atoms with van der Waals surface area (Å²) in [5.41, 5.74) is 1.62. The van der Waals surface area contributed by atoms with E-state index < -0.39 is 0 Å². The van der Waals surface area contributed by atoms with E-state index in [4.69, 9.17) is 0 Å². The van der Waals surface area contributed by atoms with Crippen LogP contribution in [-0.4, -0.2) is 31.3 Å². The molecule has 1 aliphatic carbocycles. The van der Waals surface area contributed by atoms with Gasteiger partial charge in [0.15, 0.2) is 5.78 Å². The van der Waals surface area contributed by atoms with Crippen molar-refractivity contribution in [1.82, 2.24) is 4.90 Å². The van der Waals surface area contributed by atoms with Crippen LogP contribution >= 0.6 is 0 Å². The molecule has 0 heterocycles. The topological polar surface area (TPSA) is 20.3 Å². The van der Waals surface area contributed by atoms with Gasteiger partial charge < -0.3 is 4.90 Å². The molecule has 1 aromatic rings. The average molecular weight is 275 g/mol. The number of rotatable bonds is 3. The van der Waals surface area contributed by atoms with E-state index in [1.54, 1.807) is 6.07 Å². The summed E-state index contributed by atoms with van der Waals surface area (Å²) in [5, 5.41) is 0. The Balaban J connectivity index is 2.22. The van der Waals surface area contributed by atoms with Crippen molar-refractivity contribution in [3.05, 3.63) is 41.2 Å². The van der Waals surface area contributed by atoms with Gasteiger partial charge in [-0.05, 0) is 62.7 Å². The first-order chi connectivity index (χ1) is 9.56. The first-order valence-corrected chi connectivity index (χ1v) is 7.21. The molecule has 0 spiro atoms. The van der Waals surface area contributed by atoms with Gasteiger partial charge in [0.05, 0.1) is 0 Å². The first-order valence-electron chi connectivity index (χ1n) is 7.21. The summed E-state index contributed by atoms with van der Waals surface area (Å²) in [4.78, 5) is 14.6. The number of ketones is 1. The number of hydrogen-bond acceptors (Lipinski definition) is 2. The molecule has 1 fully saturated rings. The van der Waals surface area contributed by atoms with Crippen LogP contribution in [0, 0.1) is 11.7 Å². The van der Waals surface area contributed by atoms with Gasteiger partial charge in [-0.2, -0.15) is 0 Å². The summed E-state index contributed by atoms with van der Waals surface area (Å²) in [6, 6.07) is 6.42. The molecule has 1 aromatic carbocycles. The predicted molar refractivity (Wildman–Crippen MR) is 79.9 cm³/mol. The second-order valence-corrected chi connectivity index (χ2v) is 5.79. The zero-order chi connectivity index (χ0) is 14.5. The highest BCUT2D eigenvalue weighted by atomic mass is 19.1. The molecule has 1 unspecified atom stereocenters. The second kappa shape index (κ2) is 6.80. The van der Waals surface area contributed by atoms with Gasteiger partial charge in [-0.3, -0.25) is 4.79 Å². The number of carbonyl (C=O) groups excluding carboxylic acids is 1. The lowest BCUT2D eigenvalue weighted by atomic mass is 9.94. The molecule has 0 amide bonds. The van der Waals surface area contributed by atoms with E-state index >= 15 is 0 Å². The highest BCUT2D eigenvalue weighted by molar-refractivity contribution is 6.01. The van der Waals surface area contributed by atoms with Crippen LogP contribution in [-0.2, 0) is 4.79 Å². The Morgan fingerprint density at radius 2 is 2.15 bits per heavy atom. The molecule has 0 aromatic heterocycles. The molecule has 0 aliphatic heterocycles. The van der Waals surface area contributed by atoms with E-state index in [-0.39, 0.29) is 17.5 Å². The average Bonchev–Trinajstić information content (AvgIpc) is 2.54. The van der Waals surface area contributed by atoms with Crippen LogP contribution in [0.2, 0.25) is 0 Å². The van der Waals surface area contributed by atoms with Gasteiger partial charge >= 0.3 is 0 Å².